The molecule has 0 saturated heterocycles. The zero-order chi connectivity index (χ0) is 19.5. The number of rotatable bonds is 10. The van der Waals surface area contributed by atoms with Crippen LogP contribution in [0.5, 0.6) is 5.75 Å². The van der Waals surface area contributed by atoms with Crippen molar-refractivity contribution in [3.63, 3.8) is 0 Å². The number of nitrogens with zero attached hydrogens (tertiary/aromatic N) is 3. The summed E-state index contributed by atoms with van der Waals surface area (Å²) in [5.41, 5.74) is 3.49. The predicted octanol–water partition coefficient (Wildman–Crippen LogP) is 3.09. The van der Waals surface area contributed by atoms with Crippen LogP contribution in [0.2, 0.25) is 0 Å². The molecule has 0 aliphatic rings. The number of aryl methyl sites for hydroxylation is 3. The third-order valence-electron chi connectivity index (χ3n) is 4.20. The molecular formula is C21H33N5O. The minimum absolute atomic E-state index is 0.684. The highest BCUT2D eigenvalue weighted by molar-refractivity contribution is 5.79. The number of hydrogen-bond acceptors (Lipinski definition) is 3. The largest absolute Gasteiger partial charge is 0.494 e. The Labute approximate surface area is 163 Å². The van der Waals surface area contributed by atoms with Crippen LogP contribution in [0.3, 0.4) is 0 Å². The quantitative estimate of drug-likeness (QED) is 0.383. The summed E-state index contributed by atoms with van der Waals surface area (Å²) >= 11 is 0. The molecule has 6 nitrogen and oxygen atoms in total. The SMILES string of the molecule is CCNC(=NCCCn1nc(C)cc1C)NCCc1ccccc1OCC. The summed E-state index contributed by atoms with van der Waals surface area (Å²) in [4.78, 5) is 4.68. The fourth-order valence-electron chi connectivity index (χ4n) is 2.98. The van der Waals surface area contributed by atoms with Gasteiger partial charge < -0.3 is 15.4 Å². The number of para-hydroxylation sites is 1. The smallest absolute Gasteiger partial charge is 0.191 e. The standard InChI is InChI=1S/C21H33N5O/c1-5-22-21(23-13-9-15-26-18(4)16-17(3)25-26)24-14-12-19-10-7-8-11-20(19)27-6-2/h7-8,10-11,16H,5-6,9,12-15H2,1-4H3,(H2,22,23,24). The summed E-state index contributed by atoms with van der Waals surface area (Å²) in [6, 6.07) is 10.3. The van der Waals surface area contributed by atoms with E-state index in [-0.39, 0.29) is 0 Å². The Balaban J connectivity index is 1.80. The summed E-state index contributed by atoms with van der Waals surface area (Å²) in [6.45, 7) is 12.2. The van der Waals surface area contributed by atoms with E-state index in [1.54, 1.807) is 0 Å². The van der Waals surface area contributed by atoms with E-state index in [9.17, 15) is 0 Å². The van der Waals surface area contributed by atoms with Crippen LogP contribution in [0, 0.1) is 13.8 Å². The van der Waals surface area contributed by atoms with Gasteiger partial charge >= 0.3 is 0 Å². The normalized spacial score (nSPS) is 11.5. The first-order valence-corrected chi connectivity index (χ1v) is 9.88. The van der Waals surface area contributed by atoms with Gasteiger partial charge in [0.05, 0.1) is 12.3 Å². The molecule has 27 heavy (non-hydrogen) atoms. The number of guanidine groups is 1. The number of nitrogens with one attached hydrogen (secondary N) is 2. The predicted molar refractivity (Wildman–Crippen MR) is 112 cm³/mol. The molecule has 0 radical (unpaired) electrons. The molecule has 1 heterocycles. The molecule has 1 aromatic heterocycles. The van der Waals surface area contributed by atoms with Gasteiger partial charge in [0.15, 0.2) is 5.96 Å². The Kier molecular flexibility index (Phi) is 8.68. The number of aromatic nitrogens is 2. The highest BCUT2D eigenvalue weighted by Gasteiger charge is 2.04. The van der Waals surface area contributed by atoms with Gasteiger partial charge in [-0.15, -0.1) is 0 Å². The van der Waals surface area contributed by atoms with Gasteiger partial charge in [0.2, 0.25) is 0 Å². The average molecular weight is 372 g/mol. The van der Waals surface area contributed by atoms with E-state index in [0.717, 1.165) is 56.4 Å². The Morgan fingerprint density at radius 3 is 2.70 bits per heavy atom. The van der Waals surface area contributed by atoms with Crippen molar-refractivity contribution in [1.29, 1.82) is 0 Å². The van der Waals surface area contributed by atoms with Crippen LogP contribution >= 0.6 is 0 Å². The minimum atomic E-state index is 0.684. The summed E-state index contributed by atoms with van der Waals surface area (Å²) in [5, 5.41) is 11.2. The van der Waals surface area contributed by atoms with Crippen molar-refractivity contribution in [3.05, 3.63) is 47.3 Å². The van der Waals surface area contributed by atoms with E-state index in [1.165, 1.54) is 11.3 Å². The van der Waals surface area contributed by atoms with E-state index < -0.39 is 0 Å². The lowest BCUT2D eigenvalue weighted by Crippen LogP contribution is -2.38. The van der Waals surface area contributed by atoms with Crippen LogP contribution in [0.4, 0.5) is 0 Å². The Hall–Kier alpha value is -2.50. The van der Waals surface area contributed by atoms with Crippen molar-refractivity contribution in [3.8, 4) is 5.75 Å². The van der Waals surface area contributed by atoms with Crippen LogP contribution in [-0.2, 0) is 13.0 Å². The van der Waals surface area contributed by atoms with Gasteiger partial charge in [0, 0.05) is 31.9 Å². The maximum Gasteiger partial charge on any atom is 0.191 e. The number of ether oxygens (including phenoxy) is 1. The van der Waals surface area contributed by atoms with Gasteiger partial charge in [-0.2, -0.15) is 5.10 Å². The third-order valence-corrected chi connectivity index (χ3v) is 4.20. The van der Waals surface area contributed by atoms with Gasteiger partial charge in [-0.3, -0.25) is 9.67 Å². The molecule has 0 bridgehead atoms. The molecule has 2 N–H and O–H groups in total. The van der Waals surface area contributed by atoms with Gasteiger partial charge in [-0.05, 0) is 58.2 Å². The Morgan fingerprint density at radius 1 is 1.19 bits per heavy atom. The van der Waals surface area contributed by atoms with Crippen molar-refractivity contribution >= 4 is 5.96 Å². The van der Waals surface area contributed by atoms with Crippen molar-refractivity contribution in [2.24, 2.45) is 4.99 Å². The van der Waals surface area contributed by atoms with Gasteiger partial charge in [0.25, 0.3) is 0 Å². The second kappa shape index (κ2) is 11.3. The van der Waals surface area contributed by atoms with Crippen molar-refractivity contribution in [2.75, 3.05) is 26.2 Å². The molecule has 0 atom stereocenters. The highest BCUT2D eigenvalue weighted by atomic mass is 16.5. The second-order valence-corrected chi connectivity index (χ2v) is 6.48. The maximum atomic E-state index is 5.69. The van der Waals surface area contributed by atoms with Crippen LogP contribution in [-0.4, -0.2) is 42.0 Å². The van der Waals surface area contributed by atoms with Crippen LogP contribution in [0.1, 0.15) is 37.2 Å². The topological polar surface area (TPSA) is 63.5 Å². The molecule has 2 rings (SSSR count). The molecule has 0 unspecified atom stereocenters. The van der Waals surface area contributed by atoms with Crippen molar-refractivity contribution < 1.29 is 4.74 Å². The summed E-state index contributed by atoms with van der Waals surface area (Å²) in [7, 11) is 0. The van der Waals surface area contributed by atoms with Crippen molar-refractivity contribution in [2.45, 2.75) is 47.1 Å². The van der Waals surface area contributed by atoms with E-state index in [4.69, 9.17) is 4.74 Å². The highest BCUT2D eigenvalue weighted by Crippen LogP contribution is 2.17. The van der Waals surface area contributed by atoms with E-state index in [2.05, 4.69) is 57.5 Å². The summed E-state index contributed by atoms with van der Waals surface area (Å²) in [6.07, 6.45) is 1.86. The lowest BCUT2D eigenvalue weighted by molar-refractivity contribution is 0.336. The molecule has 6 heteroatoms. The molecule has 2 aromatic rings. The maximum absolute atomic E-state index is 5.69. The summed E-state index contributed by atoms with van der Waals surface area (Å²) in [5.74, 6) is 1.83. The fourth-order valence-corrected chi connectivity index (χ4v) is 2.98. The molecule has 1 aromatic carbocycles. The zero-order valence-corrected chi connectivity index (χ0v) is 17.1. The number of aliphatic imine (C=N–C) groups is 1. The first kappa shape index (κ1) is 20.8. The molecular weight excluding hydrogens is 338 g/mol. The van der Waals surface area contributed by atoms with E-state index in [0.29, 0.717) is 6.61 Å². The second-order valence-electron chi connectivity index (χ2n) is 6.48. The molecule has 0 fully saturated rings. The van der Waals surface area contributed by atoms with Crippen LogP contribution in [0.25, 0.3) is 0 Å². The van der Waals surface area contributed by atoms with Gasteiger partial charge in [0.1, 0.15) is 5.75 Å². The van der Waals surface area contributed by atoms with E-state index in [1.807, 2.05) is 26.0 Å². The van der Waals surface area contributed by atoms with E-state index >= 15 is 0 Å². The van der Waals surface area contributed by atoms with Crippen LogP contribution in [0.15, 0.2) is 35.3 Å². The van der Waals surface area contributed by atoms with Crippen molar-refractivity contribution in [1.82, 2.24) is 20.4 Å². The molecule has 148 valence electrons. The van der Waals surface area contributed by atoms with Crippen LogP contribution < -0.4 is 15.4 Å². The lowest BCUT2D eigenvalue weighted by Gasteiger charge is -2.13. The average Bonchev–Trinajstić information content (AvgIpc) is 2.97. The molecule has 0 spiro atoms. The Bertz CT molecular complexity index is 723. The Morgan fingerprint density at radius 2 is 2.00 bits per heavy atom. The number of benzene rings is 1. The first-order chi connectivity index (χ1) is 13.1. The minimum Gasteiger partial charge on any atom is -0.494 e. The molecule has 0 amide bonds. The monoisotopic (exact) mass is 371 g/mol. The van der Waals surface area contributed by atoms with Gasteiger partial charge in [-0.25, -0.2) is 0 Å². The lowest BCUT2D eigenvalue weighted by atomic mass is 10.1. The molecule has 0 aliphatic heterocycles. The third kappa shape index (κ3) is 6.96. The number of hydrogen-bond donors (Lipinski definition) is 2. The zero-order valence-electron chi connectivity index (χ0n) is 17.1. The molecule has 0 saturated carbocycles. The summed E-state index contributed by atoms with van der Waals surface area (Å²) < 4.78 is 7.74. The fraction of sp³-hybridized carbons (Fsp3) is 0.524. The first-order valence-electron chi connectivity index (χ1n) is 9.88. The van der Waals surface area contributed by atoms with Gasteiger partial charge in [-0.1, -0.05) is 18.2 Å². The molecule has 0 aliphatic carbocycles.